The number of carbonyl (C=O) groups is 2. The van der Waals surface area contributed by atoms with E-state index in [1.165, 1.54) is 0 Å². The quantitative estimate of drug-likeness (QED) is 0.565. The van der Waals surface area contributed by atoms with Gasteiger partial charge in [0.2, 0.25) is 21.8 Å². The van der Waals surface area contributed by atoms with Crippen molar-refractivity contribution in [3.8, 4) is 0 Å². The number of carbonyl (C=O) groups excluding carboxylic acids is 2. The molecule has 2 amide bonds. The van der Waals surface area contributed by atoms with E-state index in [1.54, 1.807) is 25.1 Å². The molecule has 0 fully saturated rings. The molecule has 3 N–H and O–H groups in total. The minimum Gasteiger partial charge on any atom is -0.355 e. The van der Waals surface area contributed by atoms with E-state index in [2.05, 4.69) is 15.4 Å². The Balaban J connectivity index is 2.37. The van der Waals surface area contributed by atoms with E-state index in [-0.39, 0.29) is 36.2 Å². The van der Waals surface area contributed by atoms with Crippen molar-refractivity contribution < 1.29 is 18.0 Å². The zero-order chi connectivity index (χ0) is 18.2. The molecule has 8 heteroatoms. The molecule has 0 radical (unpaired) electrons. The number of nitrogens with one attached hydrogen (secondary N) is 3. The zero-order valence-electron chi connectivity index (χ0n) is 14.3. The Morgan fingerprint density at radius 3 is 2.38 bits per heavy atom. The number of hydrogen-bond donors (Lipinski definition) is 3. The number of hydrogen-bond acceptors (Lipinski definition) is 4. The third kappa shape index (κ3) is 6.67. The number of likely N-dealkylation sites (N-methyl/N-ethyl adjacent to an activating group) is 1. The van der Waals surface area contributed by atoms with Gasteiger partial charge < -0.3 is 10.6 Å². The number of rotatable bonds is 9. The summed E-state index contributed by atoms with van der Waals surface area (Å²) in [6.07, 6.45) is 0.500. The summed E-state index contributed by atoms with van der Waals surface area (Å²) in [4.78, 5) is 23.0. The SMILES string of the molecule is CCNC(=O)CNC(=O)CCCNS(=O)(=O)c1ccc(C)c(C)c1. The smallest absolute Gasteiger partial charge is 0.240 e. The lowest BCUT2D eigenvalue weighted by Crippen LogP contribution is -2.37. The first-order valence-corrected chi connectivity index (χ1v) is 9.35. The van der Waals surface area contributed by atoms with Crippen molar-refractivity contribution in [2.75, 3.05) is 19.6 Å². The van der Waals surface area contributed by atoms with Crippen LogP contribution in [0.2, 0.25) is 0 Å². The number of aryl methyl sites for hydroxylation is 2. The highest BCUT2D eigenvalue weighted by Gasteiger charge is 2.14. The van der Waals surface area contributed by atoms with Crippen molar-refractivity contribution in [2.45, 2.75) is 38.5 Å². The van der Waals surface area contributed by atoms with Gasteiger partial charge in [-0.1, -0.05) is 6.07 Å². The van der Waals surface area contributed by atoms with Crippen LogP contribution in [0.3, 0.4) is 0 Å². The number of benzene rings is 1. The van der Waals surface area contributed by atoms with Crippen LogP contribution >= 0.6 is 0 Å². The van der Waals surface area contributed by atoms with Gasteiger partial charge in [0, 0.05) is 19.5 Å². The summed E-state index contributed by atoms with van der Waals surface area (Å²) in [6, 6.07) is 4.94. The van der Waals surface area contributed by atoms with Gasteiger partial charge in [-0.2, -0.15) is 0 Å². The molecule has 134 valence electrons. The maximum atomic E-state index is 12.2. The van der Waals surface area contributed by atoms with Crippen molar-refractivity contribution in [2.24, 2.45) is 0 Å². The maximum Gasteiger partial charge on any atom is 0.240 e. The van der Waals surface area contributed by atoms with Crippen LogP contribution in [0.15, 0.2) is 23.1 Å². The highest BCUT2D eigenvalue weighted by atomic mass is 32.2. The molecule has 0 bridgehead atoms. The second kappa shape index (κ2) is 9.39. The summed E-state index contributed by atoms with van der Waals surface area (Å²) in [5, 5.41) is 5.05. The Labute approximate surface area is 143 Å². The number of amides is 2. The molecule has 0 aliphatic rings. The third-order valence-electron chi connectivity index (χ3n) is 3.48. The zero-order valence-corrected chi connectivity index (χ0v) is 15.1. The molecule has 0 spiro atoms. The molecule has 0 aliphatic heterocycles. The van der Waals surface area contributed by atoms with Crippen LogP contribution in [0.25, 0.3) is 0 Å². The molecule has 1 aromatic rings. The second-order valence-corrected chi connectivity index (χ2v) is 7.24. The second-order valence-electron chi connectivity index (χ2n) is 5.48. The van der Waals surface area contributed by atoms with Crippen LogP contribution in [0, 0.1) is 13.8 Å². The van der Waals surface area contributed by atoms with E-state index in [1.807, 2.05) is 13.8 Å². The van der Waals surface area contributed by atoms with Gasteiger partial charge in [-0.25, -0.2) is 13.1 Å². The molecule has 0 heterocycles. The fourth-order valence-electron chi connectivity index (χ4n) is 1.95. The molecule has 1 aromatic carbocycles. The molecule has 24 heavy (non-hydrogen) atoms. The van der Waals surface area contributed by atoms with Gasteiger partial charge in [-0.15, -0.1) is 0 Å². The highest BCUT2D eigenvalue weighted by Crippen LogP contribution is 2.14. The van der Waals surface area contributed by atoms with Crippen LogP contribution in [-0.4, -0.2) is 39.9 Å². The van der Waals surface area contributed by atoms with Crippen LogP contribution in [0.1, 0.15) is 30.9 Å². The van der Waals surface area contributed by atoms with E-state index in [9.17, 15) is 18.0 Å². The Morgan fingerprint density at radius 1 is 1.04 bits per heavy atom. The van der Waals surface area contributed by atoms with Crippen molar-refractivity contribution in [3.63, 3.8) is 0 Å². The van der Waals surface area contributed by atoms with Crippen molar-refractivity contribution >= 4 is 21.8 Å². The van der Waals surface area contributed by atoms with Gasteiger partial charge in [0.05, 0.1) is 11.4 Å². The topological polar surface area (TPSA) is 104 Å². The predicted octanol–water partition coefficient (Wildman–Crippen LogP) is 0.614. The molecule has 0 unspecified atom stereocenters. The third-order valence-corrected chi connectivity index (χ3v) is 4.94. The Bertz CT molecular complexity index is 687. The van der Waals surface area contributed by atoms with Crippen molar-refractivity contribution in [1.82, 2.24) is 15.4 Å². The van der Waals surface area contributed by atoms with Crippen LogP contribution in [-0.2, 0) is 19.6 Å². The summed E-state index contributed by atoms with van der Waals surface area (Å²) in [5.74, 6) is -0.534. The average molecular weight is 355 g/mol. The summed E-state index contributed by atoms with van der Waals surface area (Å²) in [6.45, 7) is 6.16. The first-order chi connectivity index (χ1) is 11.3. The summed E-state index contributed by atoms with van der Waals surface area (Å²) >= 11 is 0. The van der Waals surface area contributed by atoms with Crippen molar-refractivity contribution in [3.05, 3.63) is 29.3 Å². The standard InChI is InChI=1S/C16H25N3O4S/c1-4-17-16(21)11-18-15(20)6-5-9-19-24(22,23)14-8-7-12(2)13(3)10-14/h7-8,10,19H,4-6,9,11H2,1-3H3,(H,17,21)(H,18,20). The van der Waals surface area contributed by atoms with Gasteiger partial charge in [0.1, 0.15) is 0 Å². The minimum atomic E-state index is -3.58. The first kappa shape index (κ1) is 20.1. The maximum absolute atomic E-state index is 12.2. The van der Waals surface area contributed by atoms with Crippen molar-refractivity contribution in [1.29, 1.82) is 0 Å². The van der Waals surface area contributed by atoms with E-state index in [4.69, 9.17) is 0 Å². The normalized spacial score (nSPS) is 11.1. The van der Waals surface area contributed by atoms with E-state index < -0.39 is 10.0 Å². The summed E-state index contributed by atoms with van der Waals surface area (Å²) in [7, 11) is -3.58. The Hall–Kier alpha value is -1.93. The van der Waals surface area contributed by atoms with E-state index in [0.717, 1.165) is 11.1 Å². The lowest BCUT2D eigenvalue weighted by atomic mass is 10.1. The van der Waals surface area contributed by atoms with Crippen LogP contribution in [0.5, 0.6) is 0 Å². The summed E-state index contributed by atoms with van der Waals surface area (Å²) in [5.41, 5.74) is 1.93. The highest BCUT2D eigenvalue weighted by molar-refractivity contribution is 7.89. The van der Waals surface area contributed by atoms with E-state index >= 15 is 0 Å². The molecule has 0 atom stereocenters. The van der Waals surface area contributed by atoms with Gasteiger partial charge in [0.25, 0.3) is 0 Å². The minimum absolute atomic E-state index is 0.0684. The van der Waals surface area contributed by atoms with Gasteiger partial charge in [0.15, 0.2) is 0 Å². The lowest BCUT2D eigenvalue weighted by Gasteiger charge is -2.09. The Morgan fingerprint density at radius 2 is 1.75 bits per heavy atom. The molecule has 7 nitrogen and oxygen atoms in total. The largest absolute Gasteiger partial charge is 0.355 e. The number of sulfonamides is 1. The molecular formula is C16H25N3O4S. The fourth-order valence-corrected chi connectivity index (χ4v) is 3.11. The fraction of sp³-hybridized carbons (Fsp3) is 0.500. The molecule has 0 aliphatic carbocycles. The molecule has 0 aromatic heterocycles. The molecule has 0 saturated heterocycles. The molecular weight excluding hydrogens is 330 g/mol. The first-order valence-electron chi connectivity index (χ1n) is 7.86. The average Bonchev–Trinajstić information content (AvgIpc) is 2.52. The van der Waals surface area contributed by atoms with Gasteiger partial charge in [-0.05, 0) is 50.5 Å². The van der Waals surface area contributed by atoms with Gasteiger partial charge in [-0.3, -0.25) is 9.59 Å². The molecule has 1 rings (SSSR count). The van der Waals surface area contributed by atoms with Crippen LogP contribution in [0.4, 0.5) is 0 Å². The monoisotopic (exact) mass is 355 g/mol. The van der Waals surface area contributed by atoms with Gasteiger partial charge >= 0.3 is 0 Å². The Kier molecular flexibility index (Phi) is 7.87. The molecule has 0 saturated carbocycles. The van der Waals surface area contributed by atoms with Crippen LogP contribution < -0.4 is 15.4 Å². The van der Waals surface area contributed by atoms with E-state index in [0.29, 0.717) is 13.0 Å². The predicted molar refractivity (Wildman–Crippen MR) is 92.0 cm³/mol. The lowest BCUT2D eigenvalue weighted by molar-refractivity contribution is -0.126. The summed E-state index contributed by atoms with van der Waals surface area (Å²) < 4.78 is 26.8.